The van der Waals surface area contributed by atoms with Crippen molar-refractivity contribution in [2.45, 2.75) is 6.92 Å². The van der Waals surface area contributed by atoms with E-state index in [1.165, 1.54) is 0 Å². The largest absolute Gasteiger partial charge is 0.495 e. The molecule has 2 N–H and O–H groups in total. The second kappa shape index (κ2) is 7.14. The Morgan fingerprint density at radius 3 is 2.73 bits per heavy atom. The van der Waals surface area contributed by atoms with Crippen molar-refractivity contribution in [1.29, 1.82) is 5.26 Å². The van der Waals surface area contributed by atoms with Crippen molar-refractivity contribution >= 4 is 17.3 Å². The van der Waals surface area contributed by atoms with Crippen molar-refractivity contribution in [3.8, 4) is 11.8 Å². The van der Waals surface area contributed by atoms with Gasteiger partial charge in [-0.15, -0.1) is 0 Å². The zero-order chi connectivity index (χ0) is 15.9. The van der Waals surface area contributed by atoms with E-state index in [9.17, 15) is 4.79 Å². The van der Waals surface area contributed by atoms with Gasteiger partial charge in [0.15, 0.2) is 0 Å². The van der Waals surface area contributed by atoms with E-state index in [0.717, 1.165) is 5.56 Å². The lowest BCUT2D eigenvalue weighted by molar-refractivity contribution is -0.114. The van der Waals surface area contributed by atoms with Gasteiger partial charge in [0.1, 0.15) is 11.8 Å². The Labute approximate surface area is 129 Å². The van der Waals surface area contributed by atoms with Crippen molar-refractivity contribution in [3.05, 3.63) is 53.6 Å². The fraction of sp³-hybridized carbons (Fsp3) is 0.176. The first-order valence-corrected chi connectivity index (χ1v) is 6.81. The van der Waals surface area contributed by atoms with Crippen LogP contribution in [-0.4, -0.2) is 19.6 Å². The Morgan fingerprint density at radius 2 is 2.00 bits per heavy atom. The Morgan fingerprint density at radius 1 is 1.23 bits per heavy atom. The number of hydrogen-bond acceptors (Lipinski definition) is 4. The van der Waals surface area contributed by atoms with Gasteiger partial charge in [0.2, 0.25) is 5.91 Å². The molecule has 0 radical (unpaired) electrons. The number of nitrogens with one attached hydrogen (secondary N) is 2. The van der Waals surface area contributed by atoms with Crippen LogP contribution in [0.2, 0.25) is 0 Å². The molecule has 0 unspecified atom stereocenters. The molecule has 0 aliphatic heterocycles. The molecule has 0 bridgehead atoms. The molecule has 0 aliphatic rings. The van der Waals surface area contributed by atoms with Crippen LogP contribution in [0.3, 0.4) is 0 Å². The molecule has 5 heteroatoms. The van der Waals surface area contributed by atoms with Crippen LogP contribution in [-0.2, 0) is 4.79 Å². The molecule has 0 spiro atoms. The Kier molecular flexibility index (Phi) is 4.99. The molecule has 0 aromatic heterocycles. The van der Waals surface area contributed by atoms with Crippen LogP contribution < -0.4 is 15.4 Å². The summed E-state index contributed by atoms with van der Waals surface area (Å²) < 4.78 is 5.22. The minimum Gasteiger partial charge on any atom is -0.495 e. The molecule has 2 aromatic carbocycles. The second-order valence-corrected chi connectivity index (χ2v) is 4.76. The van der Waals surface area contributed by atoms with Crippen molar-refractivity contribution in [3.63, 3.8) is 0 Å². The lowest BCUT2D eigenvalue weighted by atomic mass is 10.2. The molecule has 5 nitrogen and oxygen atoms in total. The van der Waals surface area contributed by atoms with Gasteiger partial charge in [0.05, 0.1) is 30.6 Å². The van der Waals surface area contributed by atoms with E-state index in [0.29, 0.717) is 22.7 Å². The van der Waals surface area contributed by atoms with Crippen LogP contribution >= 0.6 is 0 Å². The monoisotopic (exact) mass is 295 g/mol. The maximum absolute atomic E-state index is 12.1. The summed E-state index contributed by atoms with van der Waals surface area (Å²) in [5.41, 5.74) is 2.79. The number of carbonyl (C=O) groups excluding carboxylic acids is 1. The molecule has 1 amide bonds. The van der Waals surface area contributed by atoms with Gasteiger partial charge in [-0.25, -0.2) is 0 Å². The summed E-state index contributed by atoms with van der Waals surface area (Å²) in [6, 6.07) is 14.7. The number of amides is 1. The van der Waals surface area contributed by atoms with Crippen molar-refractivity contribution in [2.24, 2.45) is 0 Å². The smallest absolute Gasteiger partial charge is 0.243 e. The number of rotatable bonds is 5. The SMILES string of the molecule is COc1ccc(C)cc1NC(=O)CNc1ccccc1C#N. The topological polar surface area (TPSA) is 74.2 Å². The Balaban J connectivity index is 2.02. The number of hydrogen-bond donors (Lipinski definition) is 2. The number of benzene rings is 2. The number of methoxy groups -OCH3 is 1. The number of anilines is 2. The predicted molar refractivity (Wildman–Crippen MR) is 86.0 cm³/mol. The highest BCUT2D eigenvalue weighted by Gasteiger charge is 2.08. The number of nitriles is 1. The fourth-order valence-electron chi connectivity index (χ4n) is 2.02. The van der Waals surface area contributed by atoms with Gasteiger partial charge in [-0.3, -0.25) is 4.79 Å². The highest BCUT2D eigenvalue weighted by molar-refractivity contribution is 5.95. The normalized spacial score (nSPS) is 9.68. The first-order chi connectivity index (χ1) is 10.6. The number of nitrogens with zero attached hydrogens (tertiary/aromatic N) is 1. The van der Waals surface area contributed by atoms with E-state index < -0.39 is 0 Å². The molecule has 0 heterocycles. The molecule has 2 rings (SSSR count). The summed E-state index contributed by atoms with van der Waals surface area (Å²) in [7, 11) is 1.56. The van der Waals surface area contributed by atoms with Gasteiger partial charge in [0.25, 0.3) is 0 Å². The van der Waals surface area contributed by atoms with Crippen LogP contribution in [0.25, 0.3) is 0 Å². The maximum Gasteiger partial charge on any atom is 0.243 e. The first-order valence-electron chi connectivity index (χ1n) is 6.81. The molecular formula is C17H17N3O2. The number of carbonyl (C=O) groups is 1. The number of para-hydroxylation sites is 1. The molecule has 0 saturated carbocycles. The van der Waals surface area contributed by atoms with Gasteiger partial charge in [-0.1, -0.05) is 18.2 Å². The standard InChI is InChI=1S/C17H17N3O2/c1-12-7-8-16(22-2)15(9-12)20-17(21)11-19-14-6-4-3-5-13(14)10-18/h3-9,19H,11H2,1-2H3,(H,20,21). The average Bonchev–Trinajstić information content (AvgIpc) is 2.53. The highest BCUT2D eigenvalue weighted by atomic mass is 16.5. The summed E-state index contributed by atoms with van der Waals surface area (Å²) >= 11 is 0. The minimum atomic E-state index is -0.211. The van der Waals surface area contributed by atoms with Crippen molar-refractivity contribution in [1.82, 2.24) is 0 Å². The van der Waals surface area contributed by atoms with E-state index in [-0.39, 0.29) is 12.5 Å². The average molecular weight is 295 g/mol. The quantitative estimate of drug-likeness (QED) is 0.889. The molecular weight excluding hydrogens is 278 g/mol. The molecule has 22 heavy (non-hydrogen) atoms. The second-order valence-electron chi connectivity index (χ2n) is 4.76. The van der Waals surface area contributed by atoms with E-state index >= 15 is 0 Å². The summed E-state index contributed by atoms with van der Waals surface area (Å²) in [6.45, 7) is 2.01. The highest BCUT2D eigenvalue weighted by Crippen LogP contribution is 2.25. The lowest BCUT2D eigenvalue weighted by Crippen LogP contribution is -2.22. The lowest BCUT2D eigenvalue weighted by Gasteiger charge is -2.12. The molecule has 0 saturated heterocycles. The maximum atomic E-state index is 12.1. The summed E-state index contributed by atoms with van der Waals surface area (Å²) in [5.74, 6) is 0.396. The Hall–Kier alpha value is -3.00. The zero-order valence-electron chi connectivity index (χ0n) is 12.5. The van der Waals surface area contributed by atoms with Gasteiger partial charge < -0.3 is 15.4 Å². The molecule has 0 aliphatic carbocycles. The van der Waals surface area contributed by atoms with Gasteiger partial charge in [0, 0.05) is 0 Å². The van der Waals surface area contributed by atoms with Crippen LogP contribution in [0.15, 0.2) is 42.5 Å². The molecule has 112 valence electrons. The van der Waals surface area contributed by atoms with E-state index in [1.807, 2.05) is 31.2 Å². The summed E-state index contributed by atoms with van der Waals surface area (Å²) in [5, 5.41) is 14.8. The van der Waals surface area contributed by atoms with Crippen molar-refractivity contribution in [2.75, 3.05) is 24.3 Å². The number of aryl methyl sites for hydroxylation is 1. The fourth-order valence-corrected chi connectivity index (χ4v) is 2.02. The van der Waals surface area contributed by atoms with Crippen molar-refractivity contribution < 1.29 is 9.53 Å². The Bertz CT molecular complexity index is 720. The first kappa shape index (κ1) is 15.4. The van der Waals surface area contributed by atoms with Crippen LogP contribution in [0.1, 0.15) is 11.1 Å². The van der Waals surface area contributed by atoms with E-state index in [2.05, 4.69) is 16.7 Å². The van der Waals surface area contributed by atoms with Crippen LogP contribution in [0, 0.1) is 18.3 Å². The molecule has 2 aromatic rings. The summed E-state index contributed by atoms with van der Waals surface area (Å²) in [6.07, 6.45) is 0. The van der Waals surface area contributed by atoms with E-state index in [4.69, 9.17) is 10.00 Å². The third kappa shape index (κ3) is 3.76. The molecule has 0 fully saturated rings. The van der Waals surface area contributed by atoms with Gasteiger partial charge >= 0.3 is 0 Å². The van der Waals surface area contributed by atoms with Crippen LogP contribution in [0.5, 0.6) is 5.75 Å². The third-order valence-corrected chi connectivity index (χ3v) is 3.12. The zero-order valence-corrected chi connectivity index (χ0v) is 12.5. The van der Waals surface area contributed by atoms with Gasteiger partial charge in [-0.2, -0.15) is 5.26 Å². The molecule has 0 atom stereocenters. The summed E-state index contributed by atoms with van der Waals surface area (Å²) in [4.78, 5) is 12.1. The van der Waals surface area contributed by atoms with Gasteiger partial charge in [-0.05, 0) is 36.8 Å². The predicted octanol–water partition coefficient (Wildman–Crippen LogP) is 2.93. The number of ether oxygens (including phenoxy) is 1. The van der Waals surface area contributed by atoms with Crippen LogP contribution in [0.4, 0.5) is 11.4 Å². The van der Waals surface area contributed by atoms with E-state index in [1.54, 1.807) is 25.3 Å². The minimum absolute atomic E-state index is 0.0653. The third-order valence-electron chi connectivity index (χ3n) is 3.12.